The fourth-order valence-corrected chi connectivity index (χ4v) is 0.792. The number of ether oxygens (including phenoxy) is 1. The van der Waals surface area contributed by atoms with Crippen molar-refractivity contribution in [2.45, 2.75) is 27.7 Å². The Balaban J connectivity index is 4.51. The summed E-state index contributed by atoms with van der Waals surface area (Å²) in [5.74, 6) is 0.132. The van der Waals surface area contributed by atoms with E-state index in [0.29, 0.717) is 5.76 Å². The molecule has 0 saturated heterocycles. The van der Waals surface area contributed by atoms with Crippen molar-refractivity contribution >= 4 is 11.8 Å². The third kappa shape index (κ3) is 7.43. The smallest absolute Gasteiger partial charge is 0.308 e. The van der Waals surface area contributed by atoms with E-state index in [1.807, 2.05) is 13.8 Å². The summed E-state index contributed by atoms with van der Waals surface area (Å²) in [4.78, 5) is 21.3. The van der Waals surface area contributed by atoms with E-state index >= 15 is 0 Å². The molecular formula is C12H16O3. The highest BCUT2D eigenvalue weighted by atomic mass is 16.5. The fourth-order valence-electron chi connectivity index (χ4n) is 0.792. The van der Waals surface area contributed by atoms with Gasteiger partial charge in [-0.1, -0.05) is 12.2 Å². The van der Waals surface area contributed by atoms with Gasteiger partial charge in [0.15, 0.2) is 5.78 Å². The molecule has 0 spiro atoms. The first kappa shape index (κ1) is 13.4. The van der Waals surface area contributed by atoms with Gasteiger partial charge in [0.1, 0.15) is 5.76 Å². The maximum Gasteiger partial charge on any atom is 0.308 e. The number of carbonyl (C=O) groups is 2. The summed E-state index contributed by atoms with van der Waals surface area (Å²) in [6, 6.07) is 0. The minimum Gasteiger partial charge on any atom is -0.427 e. The molecule has 0 fully saturated rings. The molecule has 0 aliphatic heterocycles. The van der Waals surface area contributed by atoms with Gasteiger partial charge in [0, 0.05) is 6.92 Å². The van der Waals surface area contributed by atoms with Gasteiger partial charge in [0.25, 0.3) is 0 Å². The van der Waals surface area contributed by atoms with E-state index in [4.69, 9.17) is 4.74 Å². The summed E-state index contributed by atoms with van der Waals surface area (Å²) in [5, 5.41) is 0. The molecule has 0 amide bonds. The van der Waals surface area contributed by atoms with Crippen LogP contribution in [0.2, 0.25) is 0 Å². The topological polar surface area (TPSA) is 43.4 Å². The first-order valence-electron chi connectivity index (χ1n) is 4.64. The van der Waals surface area contributed by atoms with Gasteiger partial charge in [-0.25, -0.2) is 0 Å². The van der Waals surface area contributed by atoms with Gasteiger partial charge in [0.2, 0.25) is 0 Å². The monoisotopic (exact) mass is 208 g/mol. The highest BCUT2D eigenvalue weighted by Gasteiger charge is 1.99. The molecule has 0 radical (unpaired) electrons. The van der Waals surface area contributed by atoms with Gasteiger partial charge < -0.3 is 4.74 Å². The summed E-state index contributed by atoms with van der Waals surface area (Å²) in [6.45, 7) is 6.51. The van der Waals surface area contributed by atoms with Crippen LogP contribution in [0.4, 0.5) is 0 Å². The molecule has 0 aromatic rings. The average molecular weight is 208 g/mol. The van der Waals surface area contributed by atoms with Gasteiger partial charge in [-0.15, -0.1) is 0 Å². The van der Waals surface area contributed by atoms with Crippen LogP contribution in [0.3, 0.4) is 0 Å². The number of ketones is 1. The molecule has 15 heavy (non-hydrogen) atoms. The fraction of sp³-hybridized carbons (Fsp3) is 0.333. The second kappa shape index (κ2) is 6.76. The van der Waals surface area contributed by atoms with Crippen LogP contribution in [0.1, 0.15) is 27.7 Å². The Morgan fingerprint density at radius 2 is 1.47 bits per heavy atom. The molecule has 0 rings (SSSR count). The number of allylic oxidation sites excluding steroid dienone is 5. The van der Waals surface area contributed by atoms with Crippen molar-refractivity contribution in [3.63, 3.8) is 0 Å². The molecule has 0 aliphatic rings. The standard InChI is InChI=1S/C12H16O3/c1-9(2)12(15-11(4)14)8-6-5-7-10(3)13/h5-8H,1-4H3/b7-5-,8-6-. The number of hydrogen-bond acceptors (Lipinski definition) is 3. The van der Waals surface area contributed by atoms with E-state index in [9.17, 15) is 9.59 Å². The van der Waals surface area contributed by atoms with E-state index in [2.05, 4.69) is 0 Å². The Bertz CT molecular complexity index is 329. The molecule has 0 aromatic carbocycles. The maximum atomic E-state index is 10.7. The number of rotatable bonds is 4. The zero-order valence-corrected chi connectivity index (χ0v) is 9.53. The van der Waals surface area contributed by atoms with Crippen molar-refractivity contribution in [2.24, 2.45) is 0 Å². The summed E-state index contributed by atoms with van der Waals surface area (Å²) in [6.07, 6.45) is 6.35. The molecule has 0 heterocycles. The van der Waals surface area contributed by atoms with Gasteiger partial charge in [-0.3, -0.25) is 9.59 Å². The van der Waals surface area contributed by atoms with Crippen LogP contribution in [0.25, 0.3) is 0 Å². The van der Waals surface area contributed by atoms with Gasteiger partial charge >= 0.3 is 5.97 Å². The van der Waals surface area contributed by atoms with E-state index in [1.54, 1.807) is 18.2 Å². The second-order valence-electron chi connectivity index (χ2n) is 3.29. The summed E-state index contributed by atoms with van der Waals surface area (Å²) < 4.78 is 4.95. The Labute approximate surface area is 90.1 Å². The molecule has 0 aromatic heterocycles. The largest absolute Gasteiger partial charge is 0.427 e. The van der Waals surface area contributed by atoms with E-state index < -0.39 is 0 Å². The third-order valence-electron chi connectivity index (χ3n) is 1.44. The van der Waals surface area contributed by atoms with Crippen LogP contribution in [-0.4, -0.2) is 11.8 Å². The molecule has 3 nitrogen and oxygen atoms in total. The van der Waals surface area contributed by atoms with Crippen molar-refractivity contribution in [1.29, 1.82) is 0 Å². The quantitative estimate of drug-likeness (QED) is 0.308. The van der Waals surface area contributed by atoms with Gasteiger partial charge in [-0.2, -0.15) is 0 Å². The Hall–Kier alpha value is -1.64. The first-order chi connectivity index (χ1) is 6.93. The van der Waals surface area contributed by atoms with Gasteiger partial charge in [0.05, 0.1) is 0 Å². The van der Waals surface area contributed by atoms with Crippen molar-refractivity contribution in [2.75, 3.05) is 0 Å². The number of hydrogen-bond donors (Lipinski definition) is 0. The van der Waals surface area contributed by atoms with Crippen LogP contribution >= 0.6 is 0 Å². The zero-order chi connectivity index (χ0) is 11.8. The van der Waals surface area contributed by atoms with Crippen LogP contribution in [0.5, 0.6) is 0 Å². The predicted molar refractivity (Wildman–Crippen MR) is 59.1 cm³/mol. The third-order valence-corrected chi connectivity index (χ3v) is 1.44. The molecule has 82 valence electrons. The lowest BCUT2D eigenvalue weighted by molar-refractivity contribution is -0.136. The van der Waals surface area contributed by atoms with Gasteiger partial charge in [-0.05, 0) is 38.5 Å². The van der Waals surface area contributed by atoms with E-state index in [0.717, 1.165) is 5.57 Å². The highest BCUT2D eigenvalue weighted by Crippen LogP contribution is 2.07. The minimum absolute atomic E-state index is 0.0223. The van der Waals surface area contributed by atoms with E-state index in [1.165, 1.54) is 19.9 Å². The maximum absolute atomic E-state index is 10.7. The summed E-state index contributed by atoms with van der Waals surface area (Å²) in [7, 11) is 0. The first-order valence-corrected chi connectivity index (χ1v) is 4.64. The summed E-state index contributed by atoms with van der Waals surface area (Å²) >= 11 is 0. The Kier molecular flexibility index (Phi) is 6.02. The number of esters is 1. The summed E-state index contributed by atoms with van der Waals surface area (Å²) in [5.41, 5.74) is 0.901. The lowest BCUT2D eigenvalue weighted by Gasteiger charge is -2.03. The van der Waals surface area contributed by atoms with Crippen LogP contribution in [0.15, 0.2) is 35.6 Å². The average Bonchev–Trinajstić information content (AvgIpc) is 2.08. The zero-order valence-electron chi connectivity index (χ0n) is 9.53. The number of carbonyl (C=O) groups excluding carboxylic acids is 2. The normalized spacial score (nSPS) is 10.7. The van der Waals surface area contributed by atoms with Crippen LogP contribution < -0.4 is 0 Å². The SMILES string of the molecule is CC(=O)/C=C\C=C/C(OC(C)=O)=C(C)C. The Morgan fingerprint density at radius 1 is 0.933 bits per heavy atom. The lowest BCUT2D eigenvalue weighted by atomic mass is 10.2. The lowest BCUT2D eigenvalue weighted by Crippen LogP contribution is -1.98. The highest BCUT2D eigenvalue weighted by molar-refractivity contribution is 5.87. The van der Waals surface area contributed by atoms with E-state index in [-0.39, 0.29) is 11.8 Å². The Morgan fingerprint density at radius 3 is 1.87 bits per heavy atom. The van der Waals surface area contributed by atoms with Crippen molar-refractivity contribution in [1.82, 2.24) is 0 Å². The molecule has 0 bridgehead atoms. The molecular weight excluding hydrogens is 192 g/mol. The van der Waals surface area contributed by atoms with Crippen molar-refractivity contribution in [3.05, 3.63) is 35.6 Å². The molecule has 0 atom stereocenters. The van der Waals surface area contributed by atoms with Crippen LogP contribution in [0, 0.1) is 0 Å². The molecule has 0 saturated carbocycles. The van der Waals surface area contributed by atoms with Crippen molar-refractivity contribution in [3.8, 4) is 0 Å². The molecule has 0 N–H and O–H groups in total. The van der Waals surface area contributed by atoms with Crippen molar-refractivity contribution < 1.29 is 14.3 Å². The molecule has 0 aliphatic carbocycles. The predicted octanol–water partition coefficient (Wildman–Crippen LogP) is 2.54. The second-order valence-corrected chi connectivity index (χ2v) is 3.29. The molecule has 3 heteroatoms. The van der Waals surface area contributed by atoms with Crippen LogP contribution in [-0.2, 0) is 14.3 Å². The molecule has 0 unspecified atom stereocenters. The minimum atomic E-state index is -0.355.